The van der Waals surface area contributed by atoms with E-state index in [4.69, 9.17) is 10.5 Å². The van der Waals surface area contributed by atoms with E-state index in [0.717, 1.165) is 40.0 Å². The van der Waals surface area contributed by atoms with Crippen LogP contribution in [0, 0.1) is 0 Å². The molecule has 0 saturated heterocycles. The van der Waals surface area contributed by atoms with Crippen LogP contribution < -0.4 is 10.5 Å². The lowest BCUT2D eigenvalue weighted by Gasteiger charge is -2.06. The fourth-order valence-corrected chi connectivity index (χ4v) is 3.60. The number of rotatable bonds is 3. The van der Waals surface area contributed by atoms with E-state index in [1.807, 2.05) is 30.3 Å². The summed E-state index contributed by atoms with van der Waals surface area (Å²) in [5, 5.41) is 0.931. The lowest BCUT2D eigenvalue weighted by Crippen LogP contribution is -2.03. The molecular formula is C16H15N3OS. The maximum absolute atomic E-state index is 5.79. The first kappa shape index (κ1) is 12.6. The van der Waals surface area contributed by atoms with Crippen LogP contribution in [0.4, 0.5) is 5.69 Å². The van der Waals surface area contributed by atoms with Crippen LogP contribution in [-0.4, -0.2) is 22.3 Å². The van der Waals surface area contributed by atoms with Crippen molar-refractivity contribution >= 4 is 28.5 Å². The van der Waals surface area contributed by atoms with E-state index in [9.17, 15) is 0 Å². The molecule has 4 nitrogen and oxygen atoms in total. The Balaban J connectivity index is 1.51. The van der Waals surface area contributed by atoms with Crippen molar-refractivity contribution in [2.24, 2.45) is 0 Å². The van der Waals surface area contributed by atoms with Crippen LogP contribution in [0.2, 0.25) is 0 Å². The summed E-state index contributed by atoms with van der Waals surface area (Å²) in [5.41, 5.74) is 9.78. The van der Waals surface area contributed by atoms with E-state index in [1.54, 1.807) is 11.8 Å². The van der Waals surface area contributed by atoms with Crippen LogP contribution in [0.25, 0.3) is 11.0 Å². The molecule has 1 aromatic heterocycles. The van der Waals surface area contributed by atoms with E-state index < -0.39 is 0 Å². The number of H-pyrrole nitrogens is 1. The third-order valence-electron chi connectivity index (χ3n) is 3.70. The van der Waals surface area contributed by atoms with Crippen molar-refractivity contribution in [3.8, 4) is 5.75 Å². The normalized spacial score (nSPS) is 16.9. The Kier molecular flexibility index (Phi) is 3.00. The Morgan fingerprint density at radius 1 is 1.29 bits per heavy atom. The number of nitrogens with one attached hydrogen (secondary N) is 1. The summed E-state index contributed by atoms with van der Waals surface area (Å²) in [6, 6.07) is 14.0. The van der Waals surface area contributed by atoms with Crippen molar-refractivity contribution in [3.63, 3.8) is 0 Å². The molecule has 2 aromatic carbocycles. The molecule has 1 aliphatic heterocycles. The summed E-state index contributed by atoms with van der Waals surface area (Å²) in [7, 11) is 0. The quantitative estimate of drug-likeness (QED) is 0.574. The number of fused-ring (bicyclic) bond motifs is 2. The highest BCUT2D eigenvalue weighted by Crippen LogP contribution is 2.36. The first-order valence-corrected chi connectivity index (χ1v) is 7.88. The van der Waals surface area contributed by atoms with Gasteiger partial charge >= 0.3 is 0 Å². The molecule has 5 heteroatoms. The second kappa shape index (κ2) is 5.00. The minimum Gasteiger partial charge on any atom is -0.493 e. The van der Waals surface area contributed by atoms with Gasteiger partial charge in [-0.2, -0.15) is 0 Å². The Morgan fingerprint density at radius 3 is 3.14 bits per heavy atom. The molecule has 0 fully saturated rings. The molecule has 0 aliphatic carbocycles. The molecule has 3 N–H and O–H groups in total. The zero-order valence-electron chi connectivity index (χ0n) is 11.4. The van der Waals surface area contributed by atoms with Crippen molar-refractivity contribution in [3.05, 3.63) is 48.0 Å². The Bertz CT molecular complexity index is 799. The highest BCUT2D eigenvalue weighted by atomic mass is 32.2. The number of imidazole rings is 1. The van der Waals surface area contributed by atoms with Gasteiger partial charge in [0.25, 0.3) is 0 Å². The summed E-state index contributed by atoms with van der Waals surface area (Å²) in [6.45, 7) is 0.750. The van der Waals surface area contributed by atoms with Crippen LogP contribution in [0.5, 0.6) is 5.75 Å². The smallest absolute Gasteiger partial charge is 0.166 e. The highest BCUT2D eigenvalue weighted by molar-refractivity contribution is 7.99. The molecule has 1 aliphatic rings. The number of thioether (sulfide) groups is 1. The number of hydrogen-bond donors (Lipinski definition) is 2. The molecule has 0 bridgehead atoms. The lowest BCUT2D eigenvalue weighted by molar-refractivity contribution is 0.338. The van der Waals surface area contributed by atoms with Crippen LogP contribution >= 0.6 is 11.8 Å². The lowest BCUT2D eigenvalue weighted by atomic mass is 10.0. The average Bonchev–Trinajstić information content (AvgIpc) is 3.08. The third-order valence-corrected chi connectivity index (χ3v) is 4.74. The number of aromatic nitrogens is 2. The van der Waals surface area contributed by atoms with Crippen molar-refractivity contribution in [1.82, 2.24) is 9.97 Å². The fourth-order valence-electron chi connectivity index (χ4n) is 2.62. The maximum atomic E-state index is 5.79. The largest absolute Gasteiger partial charge is 0.493 e. The van der Waals surface area contributed by atoms with E-state index in [0.29, 0.717) is 5.92 Å². The number of nitrogen functional groups attached to an aromatic ring is 1. The van der Waals surface area contributed by atoms with Crippen molar-refractivity contribution in [2.75, 3.05) is 18.1 Å². The molecule has 1 unspecified atom stereocenters. The van der Waals surface area contributed by atoms with E-state index in [-0.39, 0.29) is 0 Å². The van der Waals surface area contributed by atoms with Gasteiger partial charge in [-0.05, 0) is 24.3 Å². The molecule has 0 spiro atoms. The van der Waals surface area contributed by atoms with Crippen molar-refractivity contribution < 1.29 is 4.74 Å². The van der Waals surface area contributed by atoms with Crippen LogP contribution in [0.15, 0.2) is 47.6 Å². The molecule has 0 saturated carbocycles. The SMILES string of the molecule is Nc1ccc2nc(SCC3COc4ccccc43)[nH]c2c1. The van der Waals surface area contributed by atoms with Crippen molar-refractivity contribution in [1.29, 1.82) is 0 Å². The van der Waals surface area contributed by atoms with Crippen molar-refractivity contribution in [2.45, 2.75) is 11.1 Å². The molecule has 2 heterocycles. The Labute approximate surface area is 126 Å². The monoisotopic (exact) mass is 297 g/mol. The van der Waals surface area contributed by atoms with Gasteiger partial charge in [-0.15, -0.1) is 0 Å². The molecule has 3 aromatic rings. The number of hydrogen-bond acceptors (Lipinski definition) is 4. The van der Waals surface area contributed by atoms with E-state index in [2.05, 4.69) is 22.1 Å². The first-order chi connectivity index (χ1) is 10.3. The predicted molar refractivity (Wildman–Crippen MR) is 85.9 cm³/mol. The maximum Gasteiger partial charge on any atom is 0.166 e. The molecular weight excluding hydrogens is 282 g/mol. The molecule has 1 atom stereocenters. The van der Waals surface area contributed by atoms with Gasteiger partial charge in [0.15, 0.2) is 5.16 Å². The molecule has 0 amide bonds. The number of benzene rings is 2. The van der Waals surface area contributed by atoms with Gasteiger partial charge in [-0.25, -0.2) is 4.98 Å². The third kappa shape index (κ3) is 2.34. The molecule has 21 heavy (non-hydrogen) atoms. The van der Waals surface area contributed by atoms with E-state index >= 15 is 0 Å². The number of anilines is 1. The summed E-state index contributed by atoms with van der Waals surface area (Å²) in [4.78, 5) is 7.90. The Morgan fingerprint density at radius 2 is 2.19 bits per heavy atom. The summed E-state index contributed by atoms with van der Waals surface area (Å²) in [5.74, 6) is 2.39. The fraction of sp³-hybridized carbons (Fsp3) is 0.188. The number of nitrogens with zero attached hydrogens (tertiary/aromatic N) is 1. The van der Waals surface area contributed by atoms with Crippen LogP contribution in [0.1, 0.15) is 11.5 Å². The number of para-hydroxylation sites is 1. The summed E-state index contributed by atoms with van der Waals surface area (Å²) >= 11 is 1.73. The van der Waals surface area contributed by atoms with Gasteiger partial charge in [0.1, 0.15) is 5.75 Å². The van der Waals surface area contributed by atoms with E-state index in [1.165, 1.54) is 5.56 Å². The topological polar surface area (TPSA) is 63.9 Å². The van der Waals surface area contributed by atoms with Gasteiger partial charge in [-0.3, -0.25) is 0 Å². The molecule has 106 valence electrons. The van der Waals surface area contributed by atoms with Gasteiger partial charge in [0.2, 0.25) is 0 Å². The van der Waals surface area contributed by atoms with Gasteiger partial charge < -0.3 is 15.5 Å². The number of nitrogens with two attached hydrogens (primary N) is 1. The van der Waals surface area contributed by atoms with Crippen LogP contribution in [-0.2, 0) is 0 Å². The second-order valence-electron chi connectivity index (χ2n) is 5.18. The zero-order chi connectivity index (χ0) is 14.2. The minimum absolute atomic E-state index is 0.421. The molecule has 0 radical (unpaired) electrons. The second-order valence-corrected chi connectivity index (χ2v) is 6.18. The standard InChI is InChI=1S/C16H15N3OS/c17-11-5-6-13-14(7-11)19-16(18-13)21-9-10-8-20-15-4-2-1-3-12(10)15/h1-7,10H,8-9,17H2,(H,18,19). The van der Waals surface area contributed by atoms with Gasteiger partial charge in [0, 0.05) is 22.9 Å². The minimum atomic E-state index is 0.421. The van der Waals surface area contributed by atoms with Gasteiger partial charge in [0.05, 0.1) is 17.6 Å². The number of ether oxygens (including phenoxy) is 1. The van der Waals surface area contributed by atoms with Gasteiger partial charge in [-0.1, -0.05) is 30.0 Å². The molecule has 4 rings (SSSR count). The Hall–Kier alpha value is -2.14. The average molecular weight is 297 g/mol. The highest BCUT2D eigenvalue weighted by Gasteiger charge is 2.23. The summed E-state index contributed by atoms with van der Waals surface area (Å²) < 4.78 is 5.71. The first-order valence-electron chi connectivity index (χ1n) is 6.89. The summed E-state index contributed by atoms with van der Waals surface area (Å²) in [6.07, 6.45) is 0. The van der Waals surface area contributed by atoms with Crippen LogP contribution in [0.3, 0.4) is 0 Å². The zero-order valence-corrected chi connectivity index (χ0v) is 12.2. The predicted octanol–water partition coefficient (Wildman–Crippen LogP) is 3.41. The number of aromatic amines is 1.